The van der Waals surface area contributed by atoms with Gasteiger partial charge in [-0.15, -0.1) is 0 Å². The highest BCUT2D eigenvalue weighted by atomic mass is 127. The van der Waals surface area contributed by atoms with Crippen LogP contribution in [0.15, 0.2) is 18.3 Å². The summed E-state index contributed by atoms with van der Waals surface area (Å²) in [5.74, 6) is 0. The second-order valence-corrected chi connectivity index (χ2v) is 7.94. The van der Waals surface area contributed by atoms with E-state index in [1.54, 1.807) is 0 Å². The summed E-state index contributed by atoms with van der Waals surface area (Å²) in [6, 6.07) is 4.18. The van der Waals surface area contributed by atoms with Gasteiger partial charge in [0.15, 0.2) is 0 Å². The molecule has 0 saturated heterocycles. The van der Waals surface area contributed by atoms with Gasteiger partial charge in [0, 0.05) is 9.77 Å². The Hall–Kier alpha value is -0.120. The second kappa shape index (κ2) is 15.4. The molecule has 0 unspecified atom stereocenters. The van der Waals surface area contributed by atoms with E-state index in [0.717, 1.165) is 6.42 Å². The van der Waals surface area contributed by atoms with Gasteiger partial charge >= 0.3 is 0 Å². The second-order valence-electron chi connectivity index (χ2n) is 6.78. The van der Waals surface area contributed by atoms with Crippen molar-refractivity contribution in [1.29, 1.82) is 0 Å². The largest absolute Gasteiger partial charge is 0.260 e. The number of unbranched alkanes of at least 4 members (excludes halogenated alkanes) is 13. The van der Waals surface area contributed by atoms with Crippen LogP contribution in [0, 0.1) is 3.57 Å². The lowest BCUT2D eigenvalue weighted by atomic mass is 10.0. The SMILES string of the molecule is CCCCCCCCCCCCCCCCc1ncccc1I. The first kappa shape index (κ1) is 20.9. The van der Waals surface area contributed by atoms with Crippen LogP contribution in [0.2, 0.25) is 0 Å². The smallest absolute Gasteiger partial charge is 0.0536 e. The maximum Gasteiger partial charge on any atom is 0.0536 e. The van der Waals surface area contributed by atoms with Gasteiger partial charge in [-0.2, -0.15) is 0 Å². The molecule has 0 radical (unpaired) electrons. The van der Waals surface area contributed by atoms with Crippen molar-refractivity contribution in [3.8, 4) is 0 Å². The van der Waals surface area contributed by atoms with Crippen molar-refractivity contribution in [2.24, 2.45) is 0 Å². The first-order chi connectivity index (χ1) is 11.3. The summed E-state index contributed by atoms with van der Waals surface area (Å²) in [6.07, 6.45) is 23.0. The highest BCUT2D eigenvalue weighted by Crippen LogP contribution is 2.15. The molecule has 1 nitrogen and oxygen atoms in total. The van der Waals surface area contributed by atoms with Gasteiger partial charge in [-0.3, -0.25) is 4.98 Å². The molecule has 23 heavy (non-hydrogen) atoms. The Morgan fingerprint density at radius 2 is 1.22 bits per heavy atom. The number of nitrogens with zero attached hydrogens (tertiary/aromatic N) is 1. The number of rotatable bonds is 15. The molecular weight excluding hydrogens is 393 g/mol. The number of hydrogen-bond donors (Lipinski definition) is 0. The van der Waals surface area contributed by atoms with Crippen LogP contribution < -0.4 is 0 Å². The van der Waals surface area contributed by atoms with E-state index in [1.165, 1.54) is 99.2 Å². The fourth-order valence-electron chi connectivity index (χ4n) is 3.09. The van der Waals surface area contributed by atoms with Crippen molar-refractivity contribution >= 4 is 22.6 Å². The normalized spacial score (nSPS) is 11.0. The number of aromatic nitrogens is 1. The van der Waals surface area contributed by atoms with Gasteiger partial charge in [0.2, 0.25) is 0 Å². The highest BCUT2D eigenvalue weighted by Gasteiger charge is 1.99. The molecule has 0 amide bonds. The summed E-state index contributed by atoms with van der Waals surface area (Å²) >= 11 is 2.40. The minimum atomic E-state index is 1.15. The summed E-state index contributed by atoms with van der Waals surface area (Å²) in [5.41, 5.74) is 1.28. The lowest BCUT2D eigenvalue weighted by molar-refractivity contribution is 0.535. The maximum atomic E-state index is 4.47. The molecule has 0 aliphatic carbocycles. The molecule has 2 heteroatoms. The highest BCUT2D eigenvalue weighted by molar-refractivity contribution is 14.1. The van der Waals surface area contributed by atoms with Gasteiger partial charge in [0.1, 0.15) is 0 Å². The van der Waals surface area contributed by atoms with Crippen molar-refractivity contribution in [1.82, 2.24) is 4.98 Å². The molecule has 0 saturated carbocycles. The molecule has 0 spiro atoms. The van der Waals surface area contributed by atoms with Crippen LogP contribution in [0.25, 0.3) is 0 Å². The van der Waals surface area contributed by atoms with Crippen LogP contribution in [0.1, 0.15) is 103 Å². The predicted octanol–water partition coefficient (Wildman–Crippen LogP) is 7.71. The molecule has 0 fully saturated rings. The van der Waals surface area contributed by atoms with E-state index in [2.05, 4.69) is 40.6 Å². The molecule has 1 aromatic heterocycles. The Bertz CT molecular complexity index is 378. The van der Waals surface area contributed by atoms with Crippen LogP contribution in [-0.4, -0.2) is 4.98 Å². The molecule has 1 rings (SSSR count). The minimum Gasteiger partial charge on any atom is -0.260 e. The first-order valence-corrected chi connectivity index (χ1v) is 11.0. The number of pyridine rings is 1. The van der Waals surface area contributed by atoms with Crippen LogP contribution in [0.4, 0.5) is 0 Å². The molecule has 1 aromatic rings. The van der Waals surface area contributed by atoms with E-state index in [1.807, 2.05) is 12.3 Å². The predicted molar refractivity (Wildman–Crippen MR) is 111 cm³/mol. The molecular formula is C21H36IN. The number of halogens is 1. The molecule has 0 atom stereocenters. The molecule has 0 bridgehead atoms. The Kier molecular flexibility index (Phi) is 14.0. The minimum absolute atomic E-state index is 1.15. The number of aryl methyl sites for hydroxylation is 1. The maximum absolute atomic E-state index is 4.47. The van der Waals surface area contributed by atoms with E-state index in [0.29, 0.717) is 0 Å². The lowest BCUT2D eigenvalue weighted by Gasteiger charge is -2.04. The van der Waals surface area contributed by atoms with Crippen molar-refractivity contribution in [2.45, 2.75) is 103 Å². The van der Waals surface area contributed by atoms with E-state index in [-0.39, 0.29) is 0 Å². The molecule has 0 aliphatic heterocycles. The van der Waals surface area contributed by atoms with E-state index < -0.39 is 0 Å². The van der Waals surface area contributed by atoms with Gasteiger partial charge < -0.3 is 0 Å². The van der Waals surface area contributed by atoms with E-state index in [4.69, 9.17) is 0 Å². The Morgan fingerprint density at radius 1 is 0.739 bits per heavy atom. The van der Waals surface area contributed by atoms with Gasteiger partial charge in [-0.25, -0.2) is 0 Å². The Labute approximate surface area is 158 Å². The van der Waals surface area contributed by atoms with E-state index >= 15 is 0 Å². The monoisotopic (exact) mass is 429 g/mol. The lowest BCUT2D eigenvalue weighted by Crippen LogP contribution is -1.93. The number of hydrogen-bond acceptors (Lipinski definition) is 1. The van der Waals surface area contributed by atoms with Gasteiger partial charge in [-0.1, -0.05) is 90.4 Å². The average molecular weight is 429 g/mol. The van der Waals surface area contributed by atoms with Crippen LogP contribution in [-0.2, 0) is 6.42 Å². The van der Waals surface area contributed by atoms with E-state index in [9.17, 15) is 0 Å². The topological polar surface area (TPSA) is 12.9 Å². The Morgan fingerprint density at radius 3 is 1.70 bits per heavy atom. The zero-order valence-corrected chi connectivity index (χ0v) is 17.3. The zero-order chi connectivity index (χ0) is 16.6. The zero-order valence-electron chi connectivity index (χ0n) is 15.2. The first-order valence-electron chi connectivity index (χ1n) is 9.94. The summed E-state index contributed by atoms with van der Waals surface area (Å²) in [6.45, 7) is 2.29. The van der Waals surface area contributed by atoms with Gasteiger partial charge in [-0.05, 0) is 47.6 Å². The quantitative estimate of drug-likeness (QED) is 0.206. The molecule has 0 aromatic carbocycles. The third kappa shape index (κ3) is 12.0. The third-order valence-electron chi connectivity index (χ3n) is 4.60. The van der Waals surface area contributed by atoms with Crippen molar-refractivity contribution < 1.29 is 0 Å². The molecule has 1 heterocycles. The van der Waals surface area contributed by atoms with Crippen molar-refractivity contribution in [3.63, 3.8) is 0 Å². The fraction of sp³-hybridized carbons (Fsp3) is 0.762. The van der Waals surface area contributed by atoms with Gasteiger partial charge in [0.05, 0.1) is 5.69 Å². The van der Waals surface area contributed by atoms with Crippen molar-refractivity contribution in [2.75, 3.05) is 0 Å². The summed E-state index contributed by atoms with van der Waals surface area (Å²) in [4.78, 5) is 4.47. The molecule has 0 aliphatic rings. The van der Waals surface area contributed by atoms with Crippen LogP contribution in [0.3, 0.4) is 0 Å². The summed E-state index contributed by atoms with van der Waals surface area (Å²) < 4.78 is 1.32. The summed E-state index contributed by atoms with van der Waals surface area (Å²) in [7, 11) is 0. The third-order valence-corrected chi connectivity index (χ3v) is 5.58. The van der Waals surface area contributed by atoms with Crippen LogP contribution >= 0.6 is 22.6 Å². The summed E-state index contributed by atoms with van der Waals surface area (Å²) in [5, 5.41) is 0. The molecule has 0 N–H and O–H groups in total. The van der Waals surface area contributed by atoms with Crippen molar-refractivity contribution in [3.05, 3.63) is 27.6 Å². The average Bonchev–Trinajstić information content (AvgIpc) is 2.57. The Balaban J connectivity index is 1.79. The standard InChI is InChI=1S/C21H36IN/c1-2-3-4-5-6-7-8-9-10-11-12-13-14-15-18-21-20(22)17-16-19-23-21/h16-17,19H,2-15,18H2,1H3. The molecule has 132 valence electrons. The van der Waals surface area contributed by atoms with Gasteiger partial charge in [0.25, 0.3) is 0 Å². The fourth-order valence-corrected chi connectivity index (χ4v) is 3.71. The van der Waals surface area contributed by atoms with Crippen LogP contribution in [0.5, 0.6) is 0 Å².